The Balaban J connectivity index is 1.97. The zero-order valence-electron chi connectivity index (χ0n) is 10.4. The molecule has 1 aliphatic carbocycles. The van der Waals surface area contributed by atoms with E-state index in [1.54, 1.807) is 11.8 Å². The minimum absolute atomic E-state index is 0.676. The second-order valence-electron chi connectivity index (χ2n) is 4.67. The monoisotopic (exact) mass is 257 g/mol. The highest BCUT2D eigenvalue weighted by Crippen LogP contribution is 2.44. The standard InChI is InChI=1S/C14H15N3S/c1-17(2)10-4-6-12-14(8-10)18-13-7-9(15)3-5-11(13)16-12/h3-6,8,15-16H,7H2,1-2H3. The normalized spacial score (nSPS) is 17.1. The van der Waals surface area contributed by atoms with Gasteiger partial charge in [-0.15, -0.1) is 0 Å². The molecule has 3 rings (SSSR count). The average molecular weight is 257 g/mol. The molecular weight excluding hydrogens is 242 g/mol. The van der Waals surface area contributed by atoms with Crippen LogP contribution in [0.5, 0.6) is 0 Å². The van der Waals surface area contributed by atoms with E-state index in [-0.39, 0.29) is 0 Å². The molecule has 0 amide bonds. The van der Waals surface area contributed by atoms with Crippen LogP contribution in [0.25, 0.3) is 0 Å². The third-order valence-electron chi connectivity index (χ3n) is 3.09. The average Bonchev–Trinajstić information content (AvgIpc) is 2.35. The second-order valence-corrected chi connectivity index (χ2v) is 5.81. The Labute approximate surface area is 111 Å². The number of hydrogen-bond donors (Lipinski definition) is 2. The highest BCUT2D eigenvalue weighted by Gasteiger charge is 2.20. The van der Waals surface area contributed by atoms with Crippen LogP contribution in [0, 0.1) is 5.41 Å². The third-order valence-corrected chi connectivity index (χ3v) is 4.26. The molecule has 0 bridgehead atoms. The highest BCUT2D eigenvalue weighted by molar-refractivity contribution is 8.03. The van der Waals surface area contributed by atoms with Crippen molar-refractivity contribution in [3.05, 3.63) is 41.0 Å². The molecule has 18 heavy (non-hydrogen) atoms. The number of hydrogen-bond acceptors (Lipinski definition) is 4. The van der Waals surface area contributed by atoms with Crippen LogP contribution < -0.4 is 10.2 Å². The Kier molecular flexibility index (Phi) is 2.67. The van der Waals surface area contributed by atoms with Gasteiger partial charge in [-0.3, -0.25) is 0 Å². The lowest BCUT2D eigenvalue weighted by Gasteiger charge is -2.26. The molecule has 1 heterocycles. The van der Waals surface area contributed by atoms with Gasteiger partial charge in [0.15, 0.2) is 0 Å². The summed E-state index contributed by atoms with van der Waals surface area (Å²) in [5.41, 5.74) is 4.17. The van der Waals surface area contributed by atoms with Gasteiger partial charge in [0.05, 0.1) is 5.69 Å². The largest absolute Gasteiger partial charge is 0.378 e. The molecule has 0 unspecified atom stereocenters. The first-order valence-corrected chi connectivity index (χ1v) is 6.70. The van der Waals surface area contributed by atoms with E-state index in [2.05, 4.69) is 28.4 Å². The fraction of sp³-hybridized carbons (Fsp3) is 0.214. The summed E-state index contributed by atoms with van der Waals surface area (Å²) in [4.78, 5) is 4.59. The predicted molar refractivity (Wildman–Crippen MR) is 78.8 cm³/mol. The van der Waals surface area contributed by atoms with Gasteiger partial charge in [0.1, 0.15) is 0 Å². The van der Waals surface area contributed by atoms with Gasteiger partial charge in [-0.1, -0.05) is 11.8 Å². The van der Waals surface area contributed by atoms with Crippen LogP contribution in [0.3, 0.4) is 0 Å². The smallest absolute Gasteiger partial charge is 0.0527 e. The molecule has 0 spiro atoms. The van der Waals surface area contributed by atoms with E-state index in [0.29, 0.717) is 5.71 Å². The van der Waals surface area contributed by atoms with Gasteiger partial charge < -0.3 is 15.6 Å². The zero-order valence-corrected chi connectivity index (χ0v) is 11.3. The molecular formula is C14H15N3S. The molecule has 3 nitrogen and oxygen atoms in total. The van der Waals surface area contributed by atoms with Crippen LogP contribution in [0.2, 0.25) is 0 Å². The van der Waals surface area contributed by atoms with Crippen LogP contribution in [0.4, 0.5) is 11.4 Å². The first-order valence-electron chi connectivity index (χ1n) is 5.88. The summed E-state index contributed by atoms with van der Waals surface area (Å²) in [6, 6.07) is 6.43. The molecule has 0 saturated heterocycles. The second kappa shape index (κ2) is 4.21. The number of thioether (sulfide) groups is 1. The lowest BCUT2D eigenvalue weighted by atomic mass is 10.1. The molecule has 92 valence electrons. The quantitative estimate of drug-likeness (QED) is 0.809. The van der Waals surface area contributed by atoms with Crippen molar-refractivity contribution >= 4 is 28.8 Å². The number of fused-ring (bicyclic) bond motifs is 1. The maximum absolute atomic E-state index is 7.74. The summed E-state index contributed by atoms with van der Waals surface area (Å²) in [6.45, 7) is 0. The SMILES string of the molecule is CN(C)c1ccc2c(c1)SC1=C(C=CC(=N)C1)N2. The van der Waals surface area contributed by atoms with Crippen LogP contribution in [-0.2, 0) is 0 Å². The first kappa shape index (κ1) is 11.4. The fourth-order valence-electron chi connectivity index (χ4n) is 2.06. The van der Waals surface area contributed by atoms with Gasteiger partial charge in [0, 0.05) is 47.4 Å². The number of nitrogens with one attached hydrogen (secondary N) is 2. The van der Waals surface area contributed by atoms with Crippen LogP contribution in [-0.4, -0.2) is 19.8 Å². The van der Waals surface area contributed by atoms with Gasteiger partial charge >= 0.3 is 0 Å². The summed E-state index contributed by atoms with van der Waals surface area (Å²) in [7, 11) is 4.10. The van der Waals surface area contributed by atoms with E-state index in [0.717, 1.165) is 17.8 Å². The molecule has 1 aromatic rings. The molecule has 0 fully saturated rings. The van der Waals surface area contributed by atoms with Crippen molar-refractivity contribution in [2.24, 2.45) is 0 Å². The van der Waals surface area contributed by atoms with Crippen LogP contribution in [0.15, 0.2) is 45.8 Å². The number of nitrogens with zero attached hydrogens (tertiary/aromatic N) is 1. The van der Waals surface area contributed by atoms with Crippen molar-refractivity contribution in [1.82, 2.24) is 0 Å². The van der Waals surface area contributed by atoms with Crippen molar-refractivity contribution in [2.75, 3.05) is 24.3 Å². The van der Waals surface area contributed by atoms with Crippen molar-refractivity contribution in [3.63, 3.8) is 0 Å². The molecule has 0 saturated carbocycles. The summed E-state index contributed by atoms with van der Waals surface area (Å²) < 4.78 is 0. The van der Waals surface area contributed by atoms with E-state index in [1.165, 1.54) is 15.5 Å². The van der Waals surface area contributed by atoms with E-state index in [4.69, 9.17) is 5.41 Å². The van der Waals surface area contributed by atoms with Crippen molar-refractivity contribution < 1.29 is 0 Å². The van der Waals surface area contributed by atoms with Gasteiger partial charge in [-0.05, 0) is 30.4 Å². The van der Waals surface area contributed by atoms with Crippen molar-refractivity contribution in [1.29, 1.82) is 5.41 Å². The number of anilines is 2. The summed E-state index contributed by atoms with van der Waals surface area (Å²) in [5.74, 6) is 0. The van der Waals surface area contributed by atoms with E-state index < -0.39 is 0 Å². The van der Waals surface area contributed by atoms with Gasteiger partial charge in [0.25, 0.3) is 0 Å². The highest BCUT2D eigenvalue weighted by atomic mass is 32.2. The summed E-state index contributed by atoms with van der Waals surface area (Å²) in [5, 5.41) is 11.2. The molecule has 2 aliphatic rings. The minimum Gasteiger partial charge on any atom is -0.378 e. The lowest BCUT2D eigenvalue weighted by Crippen LogP contribution is -2.13. The van der Waals surface area contributed by atoms with E-state index in [1.807, 2.05) is 26.2 Å². The Morgan fingerprint density at radius 2 is 2.11 bits per heavy atom. The lowest BCUT2D eigenvalue weighted by molar-refractivity contribution is 1.12. The van der Waals surface area contributed by atoms with E-state index >= 15 is 0 Å². The fourth-order valence-corrected chi connectivity index (χ4v) is 3.19. The summed E-state index contributed by atoms with van der Waals surface area (Å²) in [6.07, 6.45) is 4.59. The first-order chi connectivity index (χ1) is 8.63. The number of rotatable bonds is 1. The molecule has 2 N–H and O–H groups in total. The van der Waals surface area contributed by atoms with Crippen molar-refractivity contribution in [3.8, 4) is 0 Å². The Morgan fingerprint density at radius 3 is 2.89 bits per heavy atom. The molecule has 1 aromatic carbocycles. The van der Waals surface area contributed by atoms with Crippen LogP contribution in [0.1, 0.15) is 6.42 Å². The van der Waals surface area contributed by atoms with Crippen molar-refractivity contribution in [2.45, 2.75) is 11.3 Å². The molecule has 0 atom stereocenters. The van der Waals surface area contributed by atoms with E-state index in [9.17, 15) is 0 Å². The maximum Gasteiger partial charge on any atom is 0.0527 e. The Hall–Kier alpha value is -1.68. The molecule has 0 aromatic heterocycles. The number of allylic oxidation sites excluding steroid dienone is 3. The summed E-state index contributed by atoms with van der Waals surface area (Å²) >= 11 is 1.77. The third kappa shape index (κ3) is 1.93. The molecule has 4 heteroatoms. The van der Waals surface area contributed by atoms with Crippen LogP contribution >= 0.6 is 11.8 Å². The number of benzene rings is 1. The van der Waals surface area contributed by atoms with Gasteiger partial charge in [0.2, 0.25) is 0 Å². The Morgan fingerprint density at radius 1 is 1.28 bits per heavy atom. The van der Waals surface area contributed by atoms with Gasteiger partial charge in [-0.2, -0.15) is 0 Å². The molecule has 0 radical (unpaired) electrons. The van der Waals surface area contributed by atoms with Gasteiger partial charge in [-0.25, -0.2) is 0 Å². The Bertz CT molecular complexity index is 585. The predicted octanol–water partition coefficient (Wildman–Crippen LogP) is 3.46. The minimum atomic E-state index is 0.676. The maximum atomic E-state index is 7.74. The zero-order chi connectivity index (χ0) is 12.7. The molecule has 1 aliphatic heterocycles. The topological polar surface area (TPSA) is 39.1 Å².